The van der Waals surface area contributed by atoms with E-state index < -0.39 is 0 Å². The average Bonchev–Trinajstić information content (AvgIpc) is 2.20. The molecule has 1 amide bonds. The molecule has 0 saturated carbocycles. The van der Waals surface area contributed by atoms with E-state index in [1.165, 1.54) is 0 Å². The normalized spacial score (nSPS) is 16.0. The summed E-state index contributed by atoms with van der Waals surface area (Å²) < 4.78 is 0. The third-order valence-corrected chi connectivity index (χ3v) is 0.903. The Labute approximate surface area is 55.1 Å². The van der Waals surface area contributed by atoms with Crippen LogP contribution in [-0.2, 0) is 4.79 Å². The Bertz CT molecular complexity index is 75.1. The van der Waals surface area contributed by atoms with Crippen LogP contribution in [0, 0.1) is 6.92 Å². The van der Waals surface area contributed by atoms with Crippen LogP contribution in [-0.4, -0.2) is 24.2 Å². The highest BCUT2D eigenvalue weighted by molar-refractivity contribution is 5.77. The third kappa shape index (κ3) is 5.30. The molecule has 0 aliphatic carbocycles. The quantitative estimate of drug-likeness (QED) is 0.473. The zero-order valence-corrected chi connectivity index (χ0v) is 5.39. The van der Waals surface area contributed by atoms with E-state index >= 15 is 0 Å². The molecule has 0 aromatic heterocycles. The van der Waals surface area contributed by atoms with Gasteiger partial charge in [0, 0.05) is 19.6 Å². The molecule has 0 bridgehead atoms. The van der Waals surface area contributed by atoms with Gasteiger partial charge in [-0.05, 0) is 13.3 Å². The zero-order valence-electron chi connectivity index (χ0n) is 5.39. The van der Waals surface area contributed by atoms with Gasteiger partial charge in [-0.1, -0.05) is 0 Å². The van der Waals surface area contributed by atoms with E-state index in [2.05, 4.69) is 12.2 Å². The first-order valence-electron chi connectivity index (χ1n) is 2.98. The molecular formula is C6H12NO2. The second-order valence-corrected chi connectivity index (χ2v) is 1.68. The van der Waals surface area contributed by atoms with Crippen molar-refractivity contribution in [2.75, 3.05) is 13.2 Å². The molecule has 1 heterocycles. The molecular weight excluding hydrogens is 118 g/mol. The highest BCUT2D eigenvalue weighted by atomic mass is 16.2. The molecule has 9 heavy (non-hydrogen) atoms. The van der Waals surface area contributed by atoms with E-state index in [9.17, 15) is 4.79 Å². The van der Waals surface area contributed by atoms with Gasteiger partial charge in [0.15, 0.2) is 0 Å². The minimum absolute atomic E-state index is 0. The molecule has 3 heteroatoms. The monoisotopic (exact) mass is 130 g/mol. The summed E-state index contributed by atoms with van der Waals surface area (Å²) >= 11 is 0. The van der Waals surface area contributed by atoms with Crippen molar-refractivity contribution in [1.29, 1.82) is 0 Å². The van der Waals surface area contributed by atoms with Crippen LogP contribution in [0.25, 0.3) is 0 Å². The van der Waals surface area contributed by atoms with Crippen LogP contribution in [0.4, 0.5) is 0 Å². The summed E-state index contributed by atoms with van der Waals surface area (Å²) in [5, 5.41) is 10.1. The number of amides is 1. The lowest BCUT2D eigenvalue weighted by molar-refractivity contribution is -0.119. The molecule has 0 atom stereocenters. The van der Waals surface area contributed by atoms with Crippen LogP contribution in [0.15, 0.2) is 0 Å². The van der Waals surface area contributed by atoms with Crippen LogP contribution in [0.3, 0.4) is 0 Å². The smallest absolute Gasteiger partial charge is 0.220 e. The lowest BCUT2D eigenvalue weighted by Crippen LogP contribution is -2.12. The van der Waals surface area contributed by atoms with Gasteiger partial charge in [0.25, 0.3) is 0 Å². The number of hydrogen-bond acceptors (Lipinski definition) is 2. The minimum Gasteiger partial charge on any atom is -0.396 e. The number of carbonyl (C=O) groups is 1. The highest BCUT2D eigenvalue weighted by Gasteiger charge is 2.05. The van der Waals surface area contributed by atoms with E-state index in [1.54, 1.807) is 0 Å². The molecule has 0 aromatic carbocycles. The summed E-state index contributed by atoms with van der Waals surface area (Å²) in [4.78, 5) is 10.1. The number of aliphatic hydroxyl groups is 1. The SMILES string of the molecule is O=C1CCCN1.[CH2]CO. The Kier molecular flexibility index (Phi) is 5.21. The van der Waals surface area contributed by atoms with Gasteiger partial charge in [-0.15, -0.1) is 0 Å². The van der Waals surface area contributed by atoms with Crippen LogP contribution >= 0.6 is 0 Å². The molecule has 1 rings (SSSR count). The van der Waals surface area contributed by atoms with E-state index in [1.807, 2.05) is 0 Å². The molecule has 3 nitrogen and oxygen atoms in total. The molecule has 0 aromatic rings. The average molecular weight is 130 g/mol. The fraction of sp³-hybridized carbons (Fsp3) is 0.667. The molecule has 1 aliphatic rings. The second-order valence-electron chi connectivity index (χ2n) is 1.68. The van der Waals surface area contributed by atoms with Gasteiger partial charge in [-0.3, -0.25) is 4.79 Å². The first kappa shape index (κ1) is 8.43. The van der Waals surface area contributed by atoms with Gasteiger partial charge in [0.05, 0.1) is 0 Å². The van der Waals surface area contributed by atoms with Gasteiger partial charge >= 0.3 is 0 Å². The van der Waals surface area contributed by atoms with Gasteiger partial charge in [-0.2, -0.15) is 0 Å². The van der Waals surface area contributed by atoms with Crippen molar-refractivity contribution in [1.82, 2.24) is 5.32 Å². The number of rotatable bonds is 0. The summed E-state index contributed by atoms with van der Waals surface area (Å²) in [6, 6.07) is 0. The molecule has 1 radical (unpaired) electrons. The maximum atomic E-state index is 10.1. The number of hydrogen-bond donors (Lipinski definition) is 2. The van der Waals surface area contributed by atoms with Gasteiger partial charge in [-0.25, -0.2) is 0 Å². The van der Waals surface area contributed by atoms with Crippen molar-refractivity contribution in [2.45, 2.75) is 12.8 Å². The molecule has 2 N–H and O–H groups in total. The lowest BCUT2D eigenvalue weighted by atomic mass is 10.4. The van der Waals surface area contributed by atoms with E-state index in [-0.39, 0.29) is 12.5 Å². The maximum absolute atomic E-state index is 10.1. The summed E-state index contributed by atoms with van der Waals surface area (Å²) in [6.45, 7) is 3.93. The van der Waals surface area contributed by atoms with Gasteiger partial charge in [0.1, 0.15) is 0 Å². The largest absolute Gasteiger partial charge is 0.396 e. The molecule has 0 spiro atoms. The standard InChI is InChI=1S/C4H7NO.C2H5O/c6-4-2-1-3-5-4;1-2-3/h1-3H2,(H,5,6);3H,1-2H2. The molecule has 0 unspecified atom stereocenters. The molecule has 1 aliphatic heterocycles. The Hall–Kier alpha value is -0.570. The summed E-state index contributed by atoms with van der Waals surface area (Å²) in [5.74, 6) is 0.204. The first-order valence-corrected chi connectivity index (χ1v) is 2.98. The van der Waals surface area contributed by atoms with Crippen molar-refractivity contribution in [3.8, 4) is 0 Å². The fourth-order valence-electron chi connectivity index (χ4n) is 0.565. The van der Waals surface area contributed by atoms with Crippen molar-refractivity contribution < 1.29 is 9.90 Å². The molecule has 1 saturated heterocycles. The van der Waals surface area contributed by atoms with Gasteiger partial charge < -0.3 is 10.4 Å². The molecule has 53 valence electrons. The second kappa shape index (κ2) is 5.56. The Morgan fingerprint density at radius 1 is 1.78 bits per heavy atom. The maximum Gasteiger partial charge on any atom is 0.220 e. The van der Waals surface area contributed by atoms with Crippen molar-refractivity contribution in [2.24, 2.45) is 0 Å². The zero-order chi connectivity index (χ0) is 7.11. The van der Waals surface area contributed by atoms with E-state index in [4.69, 9.17) is 5.11 Å². The summed E-state index contributed by atoms with van der Waals surface area (Å²) in [7, 11) is 0. The lowest BCUT2D eigenvalue weighted by Gasteiger charge is -1.80. The van der Waals surface area contributed by atoms with E-state index in [0.29, 0.717) is 0 Å². The predicted octanol–water partition coefficient (Wildman–Crippen LogP) is -0.291. The first-order chi connectivity index (χ1) is 4.31. The Morgan fingerprint density at radius 3 is 2.44 bits per heavy atom. The Morgan fingerprint density at radius 2 is 2.33 bits per heavy atom. The van der Waals surface area contributed by atoms with Crippen molar-refractivity contribution >= 4 is 5.91 Å². The van der Waals surface area contributed by atoms with Crippen molar-refractivity contribution in [3.63, 3.8) is 0 Å². The fourth-order valence-corrected chi connectivity index (χ4v) is 0.565. The minimum atomic E-state index is 0. The molecule has 1 fully saturated rings. The summed E-state index contributed by atoms with van der Waals surface area (Å²) in [6.07, 6.45) is 1.76. The van der Waals surface area contributed by atoms with E-state index in [0.717, 1.165) is 19.4 Å². The number of nitrogens with one attached hydrogen (secondary N) is 1. The summed E-state index contributed by atoms with van der Waals surface area (Å²) in [5.41, 5.74) is 0. The van der Waals surface area contributed by atoms with Crippen LogP contribution < -0.4 is 5.32 Å². The highest BCUT2D eigenvalue weighted by Crippen LogP contribution is 1.93. The topological polar surface area (TPSA) is 49.3 Å². The third-order valence-electron chi connectivity index (χ3n) is 0.903. The van der Waals surface area contributed by atoms with Gasteiger partial charge in [0.2, 0.25) is 5.91 Å². The Balaban J connectivity index is 0.000000187. The van der Waals surface area contributed by atoms with Crippen LogP contribution in [0.2, 0.25) is 0 Å². The van der Waals surface area contributed by atoms with Crippen LogP contribution in [0.5, 0.6) is 0 Å². The van der Waals surface area contributed by atoms with Crippen LogP contribution in [0.1, 0.15) is 12.8 Å². The number of aliphatic hydroxyl groups excluding tert-OH is 1. The predicted molar refractivity (Wildman–Crippen MR) is 34.7 cm³/mol. The number of carbonyl (C=O) groups excluding carboxylic acids is 1. The van der Waals surface area contributed by atoms with Crippen molar-refractivity contribution in [3.05, 3.63) is 6.92 Å².